The Kier molecular flexibility index (Phi) is 9.71. The lowest BCUT2D eigenvalue weighted by Gasteiger charge is -2.23. The number of anilines is 1. The van der Waals surface area contributed by atoms with Gasteiger partial charge in [-0.2, -0.15) is 8.78 Å². The molecule has 1 heterocycles. The summed E-state index contributed by atoms with van der Waals surface area (Å²) < 4.78 is 46.9. The molecule has 1 aliphatic rings. The number of carbonyl (C=O) groups is 2. The third-order valence-electron chi connectivity index (χ3n) is 6.66. The zero-order valence-corrected chi connectivity index (χ0v) is 22.8. The average Bonchev–Trinajstić information content (AvgIpc) is 3.30. The van der Waals surface area contributed by atoms with Crippen LogP contribution in [0.25, 0.3) is 11.1 Å². The van der Waals surface area contributed by atoms with Crippen molar-refractivity contribution in [1.29, 1.82) is 0 Å². The minimum absolute atomic E-state index is 0.152. The second-order valence-electron chi connectivity index (χ2n) is 9.79. The van der Waals surface area contributed by atoms with Crippen molar-refractivity contribution < 1.29 is 27.5 Å². The summed E-state index contributed by atoms with van der Waals surface area (Å²) in [6, 6.07) is 21.6. The number of carbonyl (C=O) groups excluding carboxylic acids is 2. The molecule has 0 radical (unpaired) electrons. The van der Waals surface area contributed by atoms with Gasteiger partial charge in [0, 0.05) is 38.5 Å². The fourth-order valence-corrected chi connectivity index (χ4v) is 4.62. The first-order valence-corrected chi connectivity index (χ1v) is 13.4. The summed E-state index contributed by atoms with van der Waals surface area (Å²) in [4.78, 5) is 26.7. The molecule has 2 amide bonds. The maximum atomic E-state index is 15.1. The van der Waals surface area contributed by atoms with Gasteiger partial charge in [-0.15, -0.1) is 0 Å². The van der Waals surface area contributed by atoms with Crippen LogP contribution in [-0.2, 0) is 22.5 Å². The third kappa shape index (κ3) is 8.47. The topological polar surface area (TPSA) is 61.9 Å². The van der Waals surface area contributed by atoms with Crippen molar-refractivity contribution in [2.24, 2.45) is 0 Å². The van der Waals surface area contributed by atoms with E-state index in [9.17, 15) is 18.4 Å². The highest BCUT2D eigenvalue weighted by molar-refractivity contribution is 6.21. The van der Waals surface area contributed by atoms with Crippen LogP contribution in [-0.4, -0.2) is 54.6 Å². The van der Waals surface area contributed by atoms with E-state index in [2.05, 4.69) is 5.32 Å². The molecule has 1 saturated heterocycles. The van der Waals surface area contributed by atoms with E-state index in [1.807, 2.05) is 59.5 Å². The van der Waals surface area contributed by atoms with Gasteiger partial charge < -0.3 is 10.1 Å². The molecule has 1 unspecified atom stereocenters. The van der Waals surface area contributed by atoms with E-state index in [4.69, 9.17) is 16.3 Å². The summed E-state index contributed by atoms with van der Waals surface area (Å²) in [5, 5.41) is -0.641. The molecule has 4 rings (SSSR count). The average molecular weight is 574 g/mol. The summed E-state index contributed by atoms with van der Waals surface area (Å²) in [7, 11) is 0. The minimum atomic E-state index is -3.25. The quantitative estimate of drug-likeness (QED) is 0.261. The number of ether oxygens (including phenoxy) is 1. The lowest BCUT2D eigenvalue weighted by Crippen LogP contribution is -2.33. The van der Waals surface area contributed by atoms with Crippen LogP contribution in [0.2, 0.25) is 0 Å². The Morgan fingerprint density at radius 1 is 1.07 bits per heavy atom. The van der Waals surface area contributed by atoms with Gasteiger partial charge in [0.2, 0.25) is 5.91 Å². The van der Waals surface area contributed by atoms with Gasteiger partial charge in [0.15, 0.2) is 0 Å². The minimum Gasteiger partial charge on any atom is -0.442 e. The first-order valence-electron chi connectivity index (χ1n) is 13.0. The molecule has 0 bridgehead atoms. The number of nitrogens with zero attached hydrogens (tertiary/aromatic N) is 2. The monoisotopic (exact) mass is 573 g/mol. The molecule has 3 aromatic rings. The molecule has 0 saturated carbocycles. The largest absolute Gasteiger partial charge is 0.442 e. The highest BCUT2D eigenvalue weighted by atomic mass is 35.5. The second kappa shape index (κ2) is 13.2. The van der Waals surface area contributed by atoms with Crippen LogP contribution in [0, 0.1) is 5.82 Å². The van der Waals surface area contributed by atoms with E-state index in [0.29, 0.717) is 36.3 Å². The van der Waals surface area contributed by atoms with Crippen LogP contribution < -0.4 is 10.2 Å². The standard InChI is InChI=1S/C30H31ClF3N3O3/c1-21(38)35-18-26-20-37(29(39)40-26)25-11-12-27(28(32)17-25)24-9-7-22(8-10-24)13-15-36(16-14-30(31,33)34)19-23-5-3-2-4-6-23/h2-12,17,26H,13-16,18-20H2,1H3,(H,35,38). The lowest BCUT2D eigenvalue weighted by molar-refractivity contribution is -0.119. The zero-order chi connectivity index (χ0) is 28.7. The SMILES string of the molecule is CC(=O)NCC1CN(c2ccc(-c3ccc(CCN(CCC(F)(F)Cl)Cc4ccccc4)cc3)c(F)c2)C(=O)O1. The Balaban J connectivity index is 1.38. The van der Waals surface area contributed by atoms with Crippen LogP contribution in [0.15, 0.2) is 72.8 Å². The van der Waals surface area contributed by atoms with Crippen LogP contribution in [0.1, 0.15) is 24.5 Å². The molecule has 212 valence electrons. The van der Waals surface area contributed by atoms with Gasteiger partial charge >= 0.3 is 11.5 Å². The van der Waals surface area contributed by atoms with Crippen molar-refractivity contribution in [2.75, 3.05) is 31.1 Å². The molecule has 0 aromatic heterocycles. The number of halogens is 4. The van der Waals surface area contributed by atoms with Crippen molar-refractivity contribution >= 4 is 29.3 Å². The molecule has 3 aromatic carbocycles. The van der Waals surface area contributed by atoms with Crippen LogP contribution in [0.5, 0.6) is 0 Å². The predicted molar refractivity (Wildman–Crippen MR) is 149 cm³/mol. The highest BCUT2D eigenvalue weighted by Crippen LogP contribution is 2.29. The van der Waals surface area contributed by atoms with E-state index in [1.165, 1.54) is 17.9 Å². The Bertz CT molecular complexity index is 1300. The molecule has 0 spiro atoms. The Hall–Kier alpha value is -3.56. The van der Waals surface area contributed by atoms with Gasteiger partial charge in [0.1, 0.15) is 11.9 Å². The van der Waals surface area contributed by atoms with Gasteiger partial charge in [0.05, 0.1) is 18.8 Å². The maximum absolute atomic E-state index is 15.1. The van der Waals surface area contributed by atoms with Gasteiger partial charge in [-0.05, 0) is 52.9 Å². The number of nitrogens with one attached hydrogen (secondary N) is 1. The highest BCUT2D eigenvalue weighted by Gasteiger charge is 2.32. The molecular formula is C30H31ClF3N3O3. The summed E-state index contributed by atoms with van der Waals surface area (Å²) in [6.45, 7) is 3.01. The molecule has 6 nitrogen and oxygen atoms in total. The number of rotatable bonds is 12. The van der Waals surface area contributed by atoms with Crippen LogP contribution in [0.4, 0.5) is 23.7 Å². The van der Waals surface area contributed by atoms with Crippen molar-refractivity contribution in [2.45, 2.75) is 37.8 Å². The van der Waals surface area contributed by atoms with E-state index in [-0.39, 0.29) is 25.5 Å². The number of benzene rings is 3. The number of hydrogen-bond acceptors (Lipinski definition) is 4. The van der Waals surface area contributed by atoms with Crippen molar-refractivity contribution in [3.8, 4) is 11.1 Å². The van der Waals surface area contributed by atoms with Crippen LogP contribution >= 0.6 is 11.6 Å². The smallest absolute Gasteiger partial charge is 0.414 e. The van der Waals surface area contributed by atoms with Gasteiger partial charge in [-0.25, -0.2) is 9.18 Å². The fourth-order valence-electron chi connectivity index (χ4n) is 4.54. The predicted octanol–water partition coefficient (Wildman–Crippen LogP) is 6.22. The zero-order valence-electron chi connectivity index (χ0n) is 22.1. The summed E-state index contributed by atoms with van der Waals surface area (Å²) in [5.41, 5.74) is 3.44. The van der Waals surface area contributed by atoms with Crippen molar-refractivity contribution in [1.82, 2.24) is 10.2 Å². The summed E-state index contributed by atoms with van der Waals surface area (Å²) >= 11 is 5.14. The Labute approximate surface area is 236 Å². The van der Waals surface area contributed by atoms with Crippen LogP contribution in [0.3, 0.4) is 0 Å². The molecule has 0 aliphatic carbocycles. The Morgan fingerprint density at radius 3 is 2.45 bits per heavy atom. The summed E-state index contributed by atoms with van der Waals surface area (Å²) in [5.74, 6) is -0.712. The lowest BCUT2D eigenvalue weighted by atomic mass is 10.0. The molecule has 40 heavy (non-hydrogen) atoms. The van der Waals surface area contributed by atoms with Crippen molar-refractivity contribution in [3.63, 3.8) is 0 Å². The van der Waals surface area contributed by atoms with Gasteiger partial charge in [0.25, 0.3) is 0 Å². The van der Waals surface area contributed by atoms with Gasteiger partial charge in [-0.3, -0.25) is 14.6 Å². The van der Waals surface area contributed by atoms with E-state index < -0.39 is 29.8 Å². The first kappa shape index (κ1) is 29.4. The van der Waals surface area contributed by atoms with E-state index >= 15 is 4.39 Å². The normalized spacial score (nSPS) is 15.4. The molecule has 10 heteroatoms. The number of cyclic esters (lactones) is 1. The second-order valence-corrected chi connectivity index (χ2v) is 10.3. The molecule has 1 N–H and O–H groups in total. The summed E-state index contributed by atoms with van der Waals surface area (Å²) in [6.07, 6.45) is -0.926. The number of amides is 2. The third-order valence-corrected chi connectivity index (χ3v) is 6.85. The molecular weight excluding hydrogens is 543 g/mol. The molecule has 1 aliphatic heterocycles. The van der Waals surface area contributed by atoms with E-state index in [0.717, 1.165) is 11.1 Å². The first-order chi connectivity index (χ1) is 19.1. The molecule has 1 fully saturated rings. The van der Waals surface area contributed by atoms with E-state index in [1.54, 1.807) is 12.1 Å². The van der Waals surface area contributed by atoms with Gasteiger partial charge in [-0.1, -0.05) is 54.6 Å². The fraction of sp³-hybridized carbons (Fsp3) is 0.333. The molecule has 1 atom stereocenters. The number of alkyl halides is 3. The number of hydrogen-bond donors (Lipinski definition) is 1. The Morgan fingerprint density at radius 2 is 1.80 bits per heavy atom. The van der Waals surface area contributed by atoms with Crippen molar-refractivity contribution in [3.05, 3.63) is 89.7 Å². The maximum Gasteiger partial charge on any atom is 0.414 e.